The second-order valence-electron chi connectivity index (χ2n) is 2.64. The average molecular weight is 372 g/mol. The standard InChI is InChI=1S/C8H3ClF5IO/c9-6-4(8(12,13)14)1-3(2-5(6)15)16-7(10)11/h1-2,7H. The highest BCUT2D eigenvalue weighted by atomic mass is 127. The SMILES string of the molecule is FC(F)Oc1cc(I)c(Cl)c(C(F)(F)F)c1. The molecule has 1 nitrogen and oxygen atoms in total. The normalized spacial score (nSPS) is 12.0. The molecule has 0 saturated heterocycles. The Morgan fingerprint density at radius 2 is 1.81 bits per heavy atom. The molecule has 16 heavy (non-hydrogen) atoms. The minimum absolute atomic E-state index is 0.00950. The number of hydrogen-bond acceptors (Lipinski definition) is 1. The fraction of sp³-hybridized carbons (Fsp3) is 0.250. The topological polar surface area (TPSA) is 9.23 Å². The number of benzene rings is 1. The van der Waals surface area contributed by atoms with Gasteiger partial charge in [0.25, 0.3) is 0 Å². The van der Waals surface area contributed by atoms with Crippen molar-refractivity contribution in [2.75, 3.05) is 0 Å². The van der Waals surface area contributed by atoms with Crippen LogP contribution in [0.5, 0.6) is 5.75 Å². The molecule has 0 heterocycles. The van der Waals surface area contributed by atoms with Gasteiger partial charge in [-0.2, -0.15) is 22.0 Å². The molecular formula is C8H3ClF5IO. The first kappa shape index (κ1) is 13.8. The fourth-order valence-electron chi connectivity index (χ4n) is 0.941. The van der Waals surface area contributed by atoms with E-state index < -0.39 is 29.1 Å². The summed E-state index contributed by atoms with van der Waals surface area (Å²) in [6.45, 7) is -3.18. The Bertz CT molecular complexity index is 393. The molecule has 0 atom stereocenters. The molecule has 0 N–H and O–H groups in total. The van der Waals surface area contributed by atoms with Gasteiger partial charge in [-0.1, -0.05) is 11.6 Å². The Morgan fingerprint density at radius 3 is 2.25 bits per heavy atom. The van der Waals surface area contributed by atoms with Gasteiger partial charge in [0.2, 0.25) is 0 Å². The summed E-state index contributed by atoms with van der Waals surface area (Å²) >= 11 is 6.92. The van der Waals surface area contributed by atoms with E-state index >= 15 is 0 Å². The highest BCUT2D eigenvalue weighted by molar-refractivity contribution is 14.1. The second kappa shape index (κ2) is 4.91. The smallest absolute Gasteiger partial charge is 0.418 e. The third-order valence-corrected chi connectivity index (χ3v) is 3.11. The highest BCUT2D eigenvalue weighted by Gasteiger charge is 2.34. The van der Waals surface area contributed by atoms with Crippen LogP contribution in [0.4, 0.5) is 22.0 Å². The van der Waals surface area contributed by atoms with Crippen LogP contribution in [0.2, 0.25) is 5.02 Å². The summed E-state index contributed by atoms with van der Waals surface area (Å²) in [7, 11) is 0. The fourth-order valence-corrected chi connectivity index (χ4v) is 1.76. The predicted octanol–water partition coefficient (Wildman–Crippen LogP) is 4.56. The summed E-state index contributed by atoms with van der Waals surface area (Å²) < 4.78 is 64.8. The molecule has 0 aromatic heterocycles. The first-order valence-electron chi connectivity index (χ1n) is 3.73. The molecule has 0 aliphatic heterocycles. The van der Waals surface area contributed by atoms with E-state index in [0.29, 0.717) is 6.07 Å². The maximum Gasteiger partial charge on any atom is 0.418 e. The van der Waals surface area contributed by atoms with Gasteiger partial charge < -0.3 is 4.74 Å². The van der Waals surface area contributed by atoms with Gasteiger partial charge in [0.1, 0.15) is 5.75 Å². The van der Waals surface area contributed by atoms with Crippen molar-refractivity contribution < 1.29 is 26.7 Å². The van der Waals surface area contributed by atoms with Crippen LogP contribution in [0, 0.1) is 3.57 Å². The van der Waals surface area contributed by atoms with Crippen LogP contribution >= 0.6 is 34.2 Å². The Kier molecular flexibility index (Phi) is 4.22. The van der Waals surface area contributed by atoms with Crippen LogP contribution in [0.15, 0.2) is 12.1 Å². The van der Waals surface area contributed by atoms with Crippen molar-refractivity contribution in [2.24, 2.45) is 0 Å². The number of hydrogen-bond donors (Lipinski definition) is 0. The molecule has 0 aliphatic rings. The summed E-state index contributed by atoms with van der Waals surface area (Å²) in [5, 5.41) is -0.533. The van der Waals surface area contributed by atoms with E-state index in [9.17, 15) is 22.0 Å². The van der Waals surface area contributed by atoms with E-state index in [1.807, 2.05) is 0 Å². The van der Waals surface area contributed by atoms with Gasteiger partial charge in [-0.05, 0) is 34.7 Å². The lowest BCUT2D eigenvalue weighted by Gasteiger charge is -2.12. The molecule has 0 fully saturated rings. The van der Waals surface area contributed by atoms with Gasteiger partial charge in [0, 0.05) is 3.57 Å². The molecule has 8 heteroatoms. The molecule has 1 aromatic rings. The van der Waals surface area contributed by atoms with Gasteiger partial charge in [-0.15, -0.1) is 0 Å². The highest BCUT2D eigenvalue weighted by Crippen LogP contribution is 2.39. The first-order valence-corrected chi connectivity index (χ1v) is 5.18. The lowest BCUT2D eigenvalue weighted by Crippen LogP contribution is -2.09. The van der Waals surface area contributed by atoms with E-state index in [4.69, 9.17) is 11.6 Å². The van der Waals surface area contributed by atoms with E-state index in [0.717, 1.165) is 6.07 Å². The largest absolute Gasteiger partial charge is 0.435 e. The van der Waals surface area contributed by atoms with E-state index in [1.165, 1.54) is 22.6 Å². The summed E-state index contributed by atoms with van der Waals surface area (Å²) in [6.07, 6.45) is -4.71. The van der Waals surface area contributed by atoms with Crippen LogP contribution < -0.4 is 4.74 Å². The van der Waals surface area contributed by atoms with Crippen LogP contribution in [-0.2, 0) is 6.18 Å². The summed E-state index contributed by atoms with van der Waals surface area (Å²) in [5.41, 5.74) is -1.20. The van der Waals surface area contributed by atoms with Crippen LogP contribution in [0.25, 0.3) is 0 Å². The molecule has 1 aromatic carbocycles. The molecule has 0 bridgehead atoms. The molecular weight excluding hydrogens is 369 g/mol. The zero-order valence-electron chi connectivity index (χ0n) is 7.29. The van der Waals surface area contributed by atoms with E-state index in [2.05, 4.69) is 4.74 Å². The molecule has 0 unspecified atom stereocenters. The minimum atomic E-state index is -4.71. The molecule has 90 valence electrons. The van der Waals surface area contributed by atoms with Crippen molar-refractivity contribution in [1.82, 2.24) is 0 Å². The maximum atomic E-state index is 12.4. The van der Waals surface area contributed by atoms with E-state index in [1.54, 1.807) is 0 Å². The van der Waals surface area contributed by atoms with Crippen molar-refractivity contribution in [3.8, 4) is 5.75 Å². The zero-order chi connectivity index (χ0) is 12.5. The quantitative estimate of drug-likeness (QED) is 0.546. The number of halogens is 7. The molecule has 0 radical (unpaired) electrons. The number of alkyl halides is 5. The van der Waals surface area contributed by atoms with Gasteiger partial charge >= 0.3 is 12.8 Å². The Hall–Kier alpha value is -0.310. The number of rotatable bonds is 2. The van der Waals surface area contributed by atoms with Gasteiger partial charge in [-0.25, -0.2) is 0 Å². The van der Waals surface area contributed by atoms with Crippen molar-refractivity contribution in [3.05, 3.63) is 26.3 Å². The van der Waals surface area contributed by atoms with Gasteiger partial charge in [-0.3, -0.25) is 0 Å². The first-order chi connectivity index (χ1) is 7.21. The zero-order valence-corrected chi connectivity index (χ0v) is 10.2. The van der Waals surface area contributed by atoms with Crippen LogP contribution in [-0.4, -0.2) is 6.61 Å². The van der Waals surface area contributed by atoms with Gasteiger partial charge in [0.15, 0.2) is 0 Å². The summed E-state index contributed by atoms with van der Waals surface area (Å²) in [5.74, 6) is -0.573. The molecule has 0 aliphatic carbocycles. The second-order valence-corrected chi connectivity index (χ2v) is 4.18. The number of ether oxygens (including phenoxy) is 1. The van der Waals surface area contributed by atoms with Crippen molar-refractivity contribution in [1.29, 1.82) is 0 Å². The van der Waals surface area contributed by atoms with Crippen molar-refractivity contribution in [3.63, 3.8) is 0 Å². The summed E-state index contributed by atoms with van der Waals surface area (Å²) in [4.78, 5) is 0. The molecule has 1 rings (SSSR count). The third kappa shape index (κ3) is 3.34. The summed E-state index contributed by atoms with van der Waals surface area (Å²) in [6, 6.07) is 1.45. The lowest BCUT2D eigenvalue weighted by molar-refractivity contribution is -0.138. The van der Waals surface area contributed by atoms with Crippen LogP contribution in [0.3, 0.4) is 0 Å². The van der Waals surface area contributed by atoms with Crippen molar-refractivity contribution in [2.45, 2.75) is 12.8 Å². The Morgan fingerprint density at radius 1 is 1.25 bits per heavy atom. The Balaban J connectivity index is 3.23. The predicted molar refractivity (Wildman–Crippen MR) is 55.8 cm³/mol. The monoisotopic (exact) mass is 372 g/mol. The minimum Gasteiger partial charge on any atom is -0.435 e. The lowest BCUT2D eigenvalue weighted by atomic mass is 10.2. The van der Waals surface area contributed by atoms with E-state index in [-0.39, 0.29) is 3.57 Å². The average Bonchev–Trinajstić information content (AvgIpc) is 2.08. The van der Waals surface area contributed by atoms with Crippen LogP contribution in [0.1, 0.15) is 5.56 Å². The maximum absolute atomic E-state index is 12.4. The van der Waals surface area contributed by atoms with Crippen molar-refractivity contribution >= 4 is 34.2 Å². The van der Waals surface area contributed by atoms with Gasteiger partial charge in [0.05, 0.1) is 10.6 Å². The molecule has 0 amide bonds. The molecule has 0 spiro atoms. The Labute approximate surface area is 106 Å². The third-order valence-electron chi connectivity index (χ3n) is 1.53. The molecule has 0 saturated carbocycles.